The molecule has 5 heteroatoms. The van der Waals surface area contributed by atoms with Crippen molar-refractivity contribution >= 4 is 15.9 Å². The molecule has 4 nitrogen and oxygen atoms in total. The van der Waals surface area contributed by atoms with Crippen molar-refractivity contribution in [2.24, 2.45) is 0 Å². The molecule has 1 unspecified atom stereocenters. The number of aliphatic hydroxyl groups excluding tert-OH is 1. The maximum absolute atomic E-state index is 9.21. The highest BCUT2D eigenvalue weighted by Gasteiger charge is 2.09. The van der Waals surface area contributed by atoms with Gasteiger partial charge in [0, 0.05) is 10.9 Å². The van der Waals surface area contributed by atoms with Crippen LogP contribution < -0.4 is 0 Å². The lowest BCUT2D eigenvalue weighted by atomic mass is 10.1. The second-order valence-corrected chi connectivity index (χ2v) is 4.88. The highest BCUT2D eigenvalue weighted by atomic mass is 79.9. The van der Waals surface area contributed by atoms with Crippen LogP contribution in [0, 0.1) is 0 Å². The molecule has 0 radical (unpaired) electrons. The van der Waals surface area contributed by atoms with Gasteiger partial charge in [-0.3, -0.25) is 0 Å². The summed E-state index contributed by atoms with van der Waals surface area (Å²) in [6, 6.07) is 7.97. The van der Waals surface area contributed by atoms with Gasteiger partial charge in [0.2, 0.25) is 5.89 Å². The van der Waals surface area contributed by atoms with Crippen molar-refractivity contribution in [3.63, 3.8) is 0 Å². The first-order chi connectivity index (χ1) is 8.13. The van der Waals surface area contributed by atoms with Crippen LogP contribution in [0.5, 0.6) is 0 Å². The Kier molecular flexibility index (Phi) is 3.91. The van der Waals surface area contributed by atoms with E-state index in [9.17, 15) is 5.11 Å². The molecule has 2 aromatic rings. The van der Waals surface area contributed by atoms with E-state index in [1.54, 1.807) is 6.92 Å². The molecule has 0 amide bonds. The van der Waals surface area contributed by atoms with Crippen LogP contribution in [-0.2, 0) is 12.8 Å². The Morgan fingerprint density at radius 1 is 1.47 bits per heavy atom. The lowest BCUT2D eigenvalue weighted by molar-refractivity contribution is 0.181. The largest absolute Gasteiger partial charge is 0.393 e. The summed E-state index contributed by atoms with van der Waals surface area (Å²) in [5.74, 6) is 1.11. The molecule has 0 aliphatic rings. The number of aromatic nitrogens is 2. The maximum Gasteiger partial charge on any atom is 0.229 e. The first-order valence-electron chi connectivity index (χ1n) is 5.37. The molecule has 0 fully saturated rings. The van der Waals surface area contributed by atoms with E-state index >= 15 is 0 Å². The fourth-order valence-electron chi connectivity index (χ4n) is 1.53. The van der Waals surface area contributed by atoms with Gasteiger partial charge in [-0.1, -0.05) is 33.2 Å². The number of aliphatic hydroxyl groups is 1. The summed E-state index contributed by atoms with van der Waals surface area (Å²) in [5, 5.41) is 13.1. The Labute approximate surface area is 108 Å². The summed E-state index contributed by atoms with van der Waals surface area (Å²) < 4.78 is 6.08. The second-order valence-electron chi connectivity index (χ2n) is 3.96. The molecule has 17 heavy (non-hydrogen) atoms. The van der Waals surface area contributed by atoms with E-state index < -0.39 is 6.10 Å². The minimum Gasteiger partial charge on any atom is -0.393 e. The monoisotopic (exact) mass is 296 g/mol. The first kappa shape index (κ1) is 12.3. The predicted molar refractivity (Wildman–Crippen MR) is 66.6 cm³/mol. The summed E-state index contributed by atoms with van der Waals surface area (Å²) >= 11 is 3.42. The summed E-state index contributed by atoms with van der Waals surface area (Å²) in [4.78, 5) is 4.22. The lowest BCUT2D eigenvalue weighted by Gasteiger charge is -1.97. The molecule has 0 aliphatic carbocycles. The standard InChI is InChI=1S/C12H13BrN2O2/c1-8(16)5-12-14-11(15-17-12)7-9-3-2-4-10(13)6-9/h2-4,6,8,16H,5,7H2,1H3. The van der Waals surface area contributed by atoms with Crippen molar-refractivity contribution < 1.29 is 9.63 Å². The third kappa shape index (κ3) is 3.64. The third-order valence-corrected chi connectivity index (χ3v) is 2.72. The van der Waals surface area contributed by atoms with Gasteiger partial charge in [-0.05, 0) is 24.6 Å². The van der Waals surface area contributed by atoms with Gasteiger partial charge in [-0.15, -0.1) is 0 Å². The van der Waals surface area contributed by atoms with Crippen molar-refractivity contribution in [3.8, 4) is 0 Å². The number of hydrogen-bond acceptors (Lipinski definition) is 4. The molecule has 90 valence electrons. The molecule has 0 bridgehead atoms. The molecule has 1 N–H and O–H groups in total. The molecule has 0 aliphatic heterocycles. The van der Waals surface area contributed by atoms with Crippen LogP contribution in [0.2, 0.25) is 0 Å². The van der Waals surface area contributed by atoms with Crippen LogP contribution in [0.3, 0.4) is 0 Å². The molecule has 0 saturated heterocycles. The van der Waals surface area contributed by atoms with Crippen molar-refractivity contribution in [1.29, 1.82) is 0 Å². The third-order valence-electron chi connectivity index (χ3n) is 2.23. The molecule has 0 saturated carbocycles. The minimum atomic E-state index is -0.464. The van der Waals surface area contributed by atoms with Crippen molar-refractivity contribution in [1.82, 2.24) is 10.1 Å². The van der Waals surface area contributed by atoms with Gasteiger partial charge in [-0.25, -0.2) is 0 Å². The summed E-state index contributed by atoms with van der Waals surface area (Å²) in [7, 11) is 0. The minimum absolute atomic E-state index is 0.394. The van der Waals surface area contributed by atoms with Crippen LogP contribution >= 0.6 is 15.9 Å². The van der Waals surface area contributed by atoms with Gasteiger partial charge in [0.05, 0.1) is 12.5 Å². The highest BCUT2D eigenvalue weighted by Crippen LogP contribution is 2.14. The Morgan fingerprint density at radius 2 is 2.29 bits per heavy atom. The Hall–Kier alpha value is -1.20. The van der Waals surface area contributed by atoms with Gasteiger partial charge in [0.15, 0.2) is 5.82 Å². The Morgan fingerprint density at radius 3 is 3.00 bits per heavy atom. The average Bonchev–Trinajstić information content (AvgIpc) is 2.64. The zero-order chi connectivity index (χ0) is 12.3. The first-order valence-corrected chi connectivity index (χ1v) is 6.17. The summed E-state index contributed by atoms with van der Waals surface area (Å²) in [6.45, 7) is 1.69. The van der Waals surface area contributed by atoms with Crippen molar-refractivity contribution in [3.05, 3.63) is 46.0 Å². The van der Waals surface area contributed by atoms with Crippen LogP contribution in [0.25, 0.3) is 0 Å². The van der Waals surface area contributed by atoms with Crippen molar-refractivity contribution in [2.75, 3.05) is 0 Å². The lowest BCUT2D eigenvalue weighted by Crippen LogP contribution is -2.04. The molecule has 1 atom stereocenters. The Bertz CT molecular complexity index is 497. The van der Waals surface area contributed by atoms with Gasteiger partial charge in [0.1, 0.15) is 0 Å². The quantitative estimate of drug-likeness (QED) is 0.941. The average molecular weight is 297 g/mol. The number of nitrogens with zero attached hydrogens (tertiary/aromatic N) is 2. The molecular formula is C12H13BrN2O2. The van der Waals surface area contributed by atoms with Crippen LogP contribution in [0.1, 0.15) is 24.2 Å². The van der Waals surface area contributed by atoms with Gasteiger partial charge in [-0.2, -0.15) is 4.98 Å². The van der Waals surface area contributed by atoms with E-state index in [0.29, 0.717) is 24.6 Å². The molecular weight excluding hydrogens is 284 g/mol. The molecule has 1 aromatic carbocycles. The smallest absolute Gasteiger partial charge is 0.229 e. The fraction of sp³-hybridized carbons (Fsp3) is 0.333. The van der Waals surface area contributed by atoms with E-state index in [4.69, 9.17) is 4.52 Å². The summed E-state index contributed by atoms with van der Waals surface area (Å²) in [5.41, 5.74) is 1.11. The number of halogens is 1. The van der Waals surface area contributed by atoms with Crippen LogP contribution in [0.15, 0.2) is 33.3 Å². The van der Waals surface area contributed by atoms with E-state index in [0.717, 1.165) is 10.0 Å². The fourth-order valence-corrected chi connectivity index (χ4v) is 1.97. The van der Waals surface area contributed by atoms with Gasteiger partial charge >= 0.3 is 0 Å². The number of rotatable bonds is 4. The van der Waals surface area contributed by atoms with Gasteiger partial charge < -0.3 is 9.63 Å². The highest BCUT2D eigenvalue weighted by molar-refractivity contribution is 9.10. The topological polar surface area (TPSA) is 59.2 Å². The SMILES string of the molecule is CC(O)Cc1nc(Cc2cccc(Br)c2)no1. The normalized spacial score (nSPS) is 12.6. The number of benzene rings is 1. The molecule has 0 spiro atoms. The zero-order valence-corrected chi connectivity index (χ0v) is 11.0. The molecule has 1 heterocycles. The number of hydrogen-bond donors (Lipinski definition) is 1. The summed E-state index contributed by atoms with van der Waals surface area (Å²) in [6.07, 6.45) is 0.558. The van der Waals surface area contributed by atoms with E-state index in [-0.39, 0.29) is 0 Å². The predicted octanol–water partition coefficient (Wildman–Crippen LogP) is 2.35. The maximum atomic E-state index is 9.21. The van der Waals surface area contributed by atoms with Crippen molar-refractivity contribution in [2.45, 2.75) is 25.9 Å². The van der Waals surface area contributed by atoms with E-state index in [1.165, 1.54) is 0 Å². The van der Waals surface area contributed by atoms with Crippen LogP contribution in [0.4, 0.5) is 0 Å². The van der Waals surface area contributed by atoms with Crippen LogP contribution in [-0.4, -0.2) is 21.4 Å². The van der Waals surface area contributed by atoms with Gasteiger partial charge in [0.25, 0.3) is 0 Å². The van der Waals surface area contributed by atoms with E-state index in [1.807, 2.05) is 24.3 Å². The van der Waals surface area contributed by atoms with E-state index in [2.05, 4.69) is 26.1 Å². The Balaban J connectivity index is 2.06. The zero-order valence-electron chi connectivity index (χ0n) is 9.43. The molecule has 1 aromatic heterocycles. The molecule has 2 rings (SSSR count). The second kappa shape index (κ2) is 5.42.